The van der Waals surface area contributed by atoms with Gasteiger partial charge in [-0.05, 0) is 24.3 Å². The van der Waals surface area contributed by atoms with Gasteiger partial charge in [0, 0.05) is 22.5 Å². The van der Waals surface area contributed by atoms with Crippen LogP contribution in [0.5, 0.6) is 5.75 Å². The van der Waals surface area contributed by atoms with Crippen LogP contribution in [0.4, 0.5) is 10.8 Å². The second-order valence-electron chi connectivity index (χ2n) is 6.10. The first kappa shape index (κ1) is 19.8. The van der Waals surface area contributed by atoms with E-state index in [1.54, 1.807) is 41.2 Å². The zero-order valence-electron chi connectivity index (χ0n) is 15.5. The number of carbonyl (C=O) groups excluding carboxylic acids is 2. The lowest BCUT2D eigenvalue weighted by molar-refractivity contribution is -0.115. The summed E-state index contributed by atoms with van der Waals surface area (Å²) in [6.45, 7) is 0.367. The van der Waals surface area contributed by atoms with Crippen molar-refractivity contribution in [3.05, 3.63) is 76.1 Å². The molecule has 0 aliphatic carbocycles. The standard InChI is InChI=1S/C20H16N4O4S2/c25-18(8-14-11-30-20(23-14)24-19(26)17-5-2-6-27-17)22-13-3-1-4-16(7-13)28-9-15-10-29-12-21-15/h1-7,10-12H,8-9H2,(H,22,25)(H,23,24,26). The van der Waals surface area contributed by atoms with E-state index in [0.29, 0.717) is 28.9 Å². The van der Waals surface area contributed by atoms with Gasteiger partial charge in [-0.15, -0.1) is 22.7 Å². The molecule has 0 fully saturated rings. The number of rotatable bonds is 8. The van der Waals surface area contributed by atoms with E-state index >= 15 is 0 Å². The van der Waals surface area contributed by atoms with E-state index < -0.39 is 0 Å². The number of furan rings is 1. The van der Waals surface area contributed by atoms with E-state index in [1.165, 1.54) is 28.9 Å². The van der Waals surface area contributed by atoms with Crippen molar-refractivity contribution in [1.29, 1.82) is 0 Å². The molecule has 8 nitrogen and oxygen atoms in total. The van der Waals surface area contributed by atoms with Gasteiger partial charge in [0.1, 0.15) is 12.4 Å². The van der Waals surface area contributed by atoms with Gasteiger partial charge in [-0.2, -0.15) is 0 Å². The highest BCUT2D eigenvalue weighted by atomic mass is 32.1. The van der Waals surface area contributed by atoms with Crippen LogP contribution < -0.4 is 15.4 Å². The van der Waals surface area contributed by atoms with Crippen LogP contribution in [-0.2, 0) is 17.8 Å². The number of ether oxygens (including phenoxy) is 1. The molecule has 2 N–H and O–H groups in total. The maximum atomic E-state index is 12.4. The van der Waals surface area contributed by atoms with Gasteiger partial charge in [0.05, 0.1) is 29.6 Å². The number of nitrogens with one attached hydrogen (secondary N) is 2. The number of aromatic nitrogens is 2. The fourth-order valence-corrected chi connectivity index (χ4v) is 3.76. The van der Waals surface area contributed by atoms with Gasteiger partial charge in [0.2, 0.25) is 5.91 Å². The third-order valence-corrected chi connectivity index (χ3v) is 5.29. The van der Waals surface area contributed by atoms with Crippen LogP contribution in [0.2, 0.25) is 0 Å². The summed E-state index contributed by atoms with van der Waals surface area (Å²) in [5.74, 6) is 0.222. The molecule has 0 aliphatic rings. The summed E-state index contributed by atoms with van der Waals surface area (Å²) in [4.78, 5) is 32.8. The number of carbonyl (C=O) groups is 2. The number of benzene rings is 1. The van der Waals surface area contributed by atoms with Crippen LogP contribution in [0.25, 0.3) is 0 Å². The van der Waals surface area contributed by atoms with Gasteiger partial charge in [-0.3, -0.25) is 14.9 Å². The topological polar surface area (TPSA) is 106 Å². The van der Waals surface area contributed by atoms with Crippen molar-refractivity contribution in [1.82, 2.24) is 9.97 Å². The maximum Gasteiger partial charge on any atom is 0.293 e. The summed E-state index contributed by atoms with van der Waals surface area (Å²) >= 11 is 2.75. The van der Waals surface area contributed by atoms with Crippen molar-refractivity contribution in [3.63, 3.8) is 0 Å². The Bertz CT molecular complexity index is 1120. The quantitative estimate of drug-likeness (QED) is 0.425. The molecule has 4 rings (SSSR count). The molecule has 3 aromatic heterocycles. The minimum atomic E-state index is -0.389. The fraction of sp³-hybridized carbons (Fsp3) is 0.100. The van der Waals surface area contributed by atoms with Gasteiger partial charge in [0.15, 0.2) is 10.9 Å². The first-order chi connectivity index (χ1) is 14.7. The second kappa shape index (κ2) is 9.33. The van der Waals surface area contributed by atoms with E-state index in [4.69, 9.17) is 9.15 Å². The largest absolute Gasteiger partial charge is 0.487 e. The molecule has 4 aromatic rings. The van der Waals surface area contributed by atoms with Crippen molar-refractivity contribution >= 4 is 45.3 Å². The van der Waals surface area contributed by atoms with Crippen molar-refractivity contribution < 1.29 is 18.7 Å². The Morgan fingerprint density at radius 2 is 2.03 bits per heavy atom. The van der Waals surface area contributed by atoms with Crippen LogP contribution in [-0.4, -0.2) is 21.8 Å². The van der Waals surface area contributed by atoms with Crippen molar-refractivity contribution in [2.45, 2.75) is 13.0 Å². The number of hydrogen-bond acceptors (Lipinski definition) is 8. The summed E-state index contributed by atoms with van der Waals surface area (Å²) in [6.07, 6.45) is 1.50. The lowest BCUT2D eigenvalue weighted by Gasteiger charge is -2.08. The molecular formula is C20H16N4O4S2. The molecular weight excluding hydrogens is 424 g/mol. The monoisotopic (exact) mass is 440 g/mol. The summed E-state index contributed by atoms with van der Waals surface area (Å²) < 4.78 is 10.7. The predicted octanol–water partition coefficient (Wildman–Crippen LogP) is 4.21. The maximum absolute atomic E-state index is 12.4. The number of amides is 2. The molecule has 0 spiro atoms. The minimum Gasteiger partial charge on any atom is -0.487 e. The molecule has 0 radical (unpaired) electrons. The average Bonchev–Trinajstić information content (AvgIpc) is 3.50. The summed E-state index contributed by atoms with van der Waals surface area (Å²) in [6, 6.07) is 10.3. The Labute approximate surface area is 179 Å². The van der Waals surface area contributed by atoms with Crippen molar-refractivity contribution in [2.75, 3.05) is 10.6 Å². The molecule has 0 bridgehead atoms. The molecule has 0 saturated carbocycles. The molecule has 3 heterocycles. The highest BCUT2D eigenvalue weighted by Crippen LogP contribution is 2.20. The SMILES string of the molecule is O=C(Cc1csc(NC(=O)c2ccco2)n1)Nc1cccc(OCc2cscn2)c1. The lowest BCUT2D eigenvalue weighted by Crippen LogP contribution is -2.15. The van der Waals surface area contributed by atoms with Crippen molar-refractivity contribution in [2.24, 2.45) is 0 Å². The molecule has 0 aliphatic heterocycles. The Morgan fingerprint density at radius 1 is 1.10 bits per heavy atom. The van der Waals surface area contributed by atoms with Gasteiger partial charge in [-0.25, -0.2) is 9.97 Å². The summed E-state index contributed by atoms with van der Waals surface area (Å²) in [7, 11) is 0. The average molecular weight is 441 g/mol. The van der Waals surface area contributed by atoms with Crippen LogP contribution in [0.3, 0.4) is 0 Å². The van der Waals surface area contributed by atoms with Gasteiger partial charge < -0.3 is 14.5 Å². The summed E-state index contributed by atoms with van der Waals surface area (Å²) in [5, 5.41) is 9.52. The smallest absolute Gasteiger partial charge is 0.293 e. The van der Waals surface area contributed by atoms with E-state index in [-0.39, 0.29) is 24.0 Å². The Kier molecular flexibility index (Phi) is 6.16. The zero-order chi connectivity index (χ0) is 20.8. The van der Waals surface area contributed by atoms with Gasteiger partial charge in [-0.1, -0.05) is 6.07 Å². The number of nitrogens with zero attached hydrogens (tertiary/aromatic N) is 2. The molecule has 152 valence electrons. The lowest BCUT2D eigenvalue weighted by atomic mass is 10.2. The predicted molar refractivity (Wildman–Crippen MR) is 114 cm³/mol. The Morgan fingerprint density at radius 3 is 2.83 bits per heavy atom. The third-order valence-electron chi connectivity index (χ3n) is 3.85. The molecule has 30 heavy (non-hydrogen) atoms. The summed E-state index contributed by atoms with van der Waals surface area (Å²) in [5.41, 5.74) is 3.79. The molecule has 1 aromatic carbocycles. The first-order valence-corrected chi connectivity index (χ1v) is 10.7. The number of anilines is 2. The first-order valence-electron chi connectivity index (χ1n) is 8.85. The Balaban J connectivity index is 1.30. The molecule has 0 atom stereocenters. The van der Waals surface area contributed by atoms with Crippen LogP contribution in [0, 0.1) is 0 Å². The Hall–Kier alpha value is -3.50. The van der Waals surface area contributed by atoms with E-state index in [0.717, 1.165) is 5.69 Å². The fourth-order valence-electron chi connectivity index (χ4n) is 2.51. The molecule has 0 unspecified atom stereocenters. The second-order valence-corrected chi connectivity index (χ2v) is 7.67. The highest BCUT2D eigenvalue weighted by Gasteiger charge is 2.13. The molecule has 2 amide bonds. The minimum absolute atomic E-state index is 0.0804. The molecule has 10 heteroatoms. The van der Waals surface area contributed by atoms with Crippen LogP contribution in [0.15, 0.2) is 63.3 Å². The van der Waals surface area contributed by atoms with E-state index in [1.807, 2.05) is 11.4 Å². The van der Waals surface area contributed by atoms with Gasteiger partial charge in [0.25, 0.3) is 5.91 Å². The van der Waals surface area contributed by atoms with Gasteiger partial charge >= 0.3 is 0 Å². The van der Waals surface area contributed by atoms with Crippen molar-refractivity contribution in [3.8, 4) is 5.75 Å². The highest BCUT2D eigenvalue weighted by molar-refractivity contribution is 7.14. The zero-order valence-corrected chi connectivity index (χ0v) is 17.2. The number of thiazole rings is 2. The van der Waals surface area contributed by atoms with Crippen LogP contribution in [0.1, 0.15) is 21.9 Å². The molecule has 0 saturated heterocycles. The van der Waals surface area contributed by atoms with E-state index in [2.05, 4.69) is 20.6 Å². The van der Waals surface area contributed by atoms with Crippen LogP contribution >= 0.6 is 22.7 Å². The third kappa shape index (κ3) is 5.31. The normalized spacial score (nSPS) is 10.5. The van der Waals surface area contributed by atoms with E-state index in [9.17, 15) is 9.59 Å². The number of hydrogen-bond donors (Lipinski definition) is 2.